The molecule has 0 saturated heterocycles. The van der Waals surface area contributed by atoms with Gasteiger partial charge in [0.1, 0.15) is 11.5 Å². The molecule has 0 radical (unpaired) electrons. The summed E-state index contributed by atoms with van der Waals surface area (Å²) in [5.74, 6) is 0.244. The van der Waals surface area contributed by atoms with Gasteiger partial charge in [-0.25, -0.2) is 0 Å². The number of nitrogens with zero attached hydrogens (tertiary/aromatic N) is 1. The van der Waals surface area contributed by atoms with Crippen molar-refractivity contribution in [3.8, 4) is 0 Å². The van der Waals surface area contributed by atoms with Gasteiger partial charge in [0, 0.05) is 19.0 Å². The number of aryl methyl sites for hydroxylation is 1. The van der Waals surface area contributed by atoms with Gasteiger partial charge in [-0.15, -0.1) is 0 Å². The van der Waals surface area contributed by atoms with Gasteiger partial charge in [0.15, 0.2) is 5.78 Å². The van der Waals surface area contributed by atoms with E-state index in [0.29, 0.717) is 18.5 Å². The van der Waals surface area contributed by atoms with Gasteiger partial charge >= 0.3 is 0 Å². The highest BCUT2D eigenvalue weighted by atomic mass is 16.1. The Morgan fingerprint density at radius 3 is 2.56 bits per heavy atom. The molecule has 0 amide bonds. The zero-order valence-electron chi connectivity index (χ0n) is 9.82. The van der Waals surface area contributed by atoms with E-state index in [1.54, 1.807) is 19.2 Å². The maximum Gasteiger partial charge on any atom is 0.181 e. The molecule has 1 rings (SSSR count). The molecule has 3 nitrogen and oxygen atoms in total. The van der Waals surface area contributed by atoms with Crippen LogP contribution in [0.15, 0.2) is 18.3 Å². The molecule has 1 heterocycles. The minimum absolute atomic E-state index is 0.0623. The zero-order valence-corrected chi connectivity index (χ0v) is 9.82. The summed E-state index contributed by atoms with van der Waals surface area (Å²) < 4.78 is 0. The number of rotatable bonds is 6. The van der Waals surface area contributed by atoms with E-state index in [9.17, 15) is 9.59 Å². The largest absolute Gasteiger partial charge is 0.300 e. The second-order valence-electron chi connectivity index (χ2n) is 4.05. The van der Waals surface area contributed by atoms with Crippen molar-refractivity contribution >= 4 is 11.6 Å². The highest BCUT2D eigenvalue weighted by Gasteiger charge is 2.07. The maximum atomic E-state index is 11.7. The SMILES string of the molecule is CC(=O)CCCCC(=O)c1cc(C)ccn1. The van der Waals surface area contributed by atoms with Gasteiger partial charge in [-0.2, -0.15) is 0 Å². The Hall–Kier alpha value is -1.51. The monoisotopic (exact) mass is 219 g/mol. The lowest BCUT2D eigenvalue weighted by Gasteiger charge is -2.00. The molecule has 0 aliphatic heterocycles. The fraction of sp³-hybridized carbons (Fsp3) is 0.462. The van der Waals surface area contributed by atoms with Crippen molar-refractivity contribution in [1.82, 2.24) is 4.98 Å². The topological polar surface area (TPSA) is 47.0 Å². The number of aromatic nitrogens is 1. The highest BCUT2D eigenvalue weighted by molar-refractivity contribution is 5.94. The molecule has 0 atom stereocenters. The standard InChI is InChI=1S/C13H17NO2/c1-10-7-8-14-12(9-10)13(16)6-4-3-5-11(2)15/h7-9H,3-6H2,1-2H3. The number of carbonyl (C=O) groups excluding carboxylic acids is 2. The first-order valence-corrected chi connectivity index (χ1v) is 5.55. The van der Waals surface area contributed by atoms with Crippen LogP contribution < -0.4 is 0 Å². The third-order valence-electron chi connectivity index (χ3n) is 2.38. The Morgan fingerprint density at radius 2 is 1.94 bits per heavy atom. The fourth-order valence-corrected chi connectivity index (χ4v) is 1.48. The molecule has 0 aliphatic carbocycles. The first kappa shape index (κ1) is 12.6. The van der Waals surface area contributed by atoms with Crippen LogP contribution in [-0.2, 0) is 4.79 Å². The van der Waals surface area contributed by atoms with Gasteiger partial charge in [0.05, 0.1) is 0 Å². The van der Waals surface area contributed by atoms with Gasteiger partial charge in [0.25, 0.3) is 0 Å². The number of pyridine rings is 1. The van der Waals surface area contributed by atoms with Gasteiger partial charge in [-0.3, -0.25) is 9.78 Å². The number of hydrogen-bond acceptors (Lipinski definition) is 3. The molecule has 0 aliphatic rings. The summed E-state index contributed by atoms with van der Waals surface area (Å²) in [4.78, 5) is 26.4. The van der Waals surface area contributed by atoms with Crippen LogP contribution in [0.2, 0.25) is 0 Å². The predicted molar refractivity (Wildman–Crippen MR) is 62.5 cm³/mol. The molecular formula is C13H17NO2. The Labute approximate surface area is 95.9 Å². The molecule has 0 N–H and O–H groups in total. The van der Waals surface area contributed by atoms with Crippen molar-refractivity contribution in [3.63, 3.8) is 0 Å². The van der Waals surface area contributed by atoms with E-state index in [2.05, 4.69) is 4.98 Å². The summed E-state index contributed by atoms with van der Waals surface area (Å²) in [6, 6.07) is 3.67. The van der Waals surface area contributed by atoms with Crippen LogP contribution in [0.1, 0.15) is 48.7 Å². The summed E-state index contributed by atoms with van der Waals surface area (Å²) >= 11 is 0. The normalized spacial score (nSPS) is 10.1. The maximum absolute atomic E-state index is 11.7. The molecule has 1 aromatic rings. The van der Waals surface area contributed by atoms with Crippen molar-refractivity contribution < 1.29 is 9.59 Å². The number of hydrogen-bond donors (Lipinski definition) is 0. The molecule has 16 heavy (non-hydrogen) atoms. The average molecular weight is 219 g/mol. The first-order valence-electron chi connectivity index (χ1n) is 5.55. The minimum atomic E-state index is 0.0623. The Kier molecular flexibility index (Phi) is 4.83. The second kappa shape index (κ2) is 6.16. The van der Waals surface area contributed by atoms with Crippen molar-refractivity contribution in [2.24, 2.45) is 0 Å². The van der Waals surface area contributed by atoms with E-state index >= 15 is 0 Å². The summed E-state index contributed by atoms with van der Waals surface area (Å²) in [6.45, 7) is 3.51. The van der Waals surface area contributed by atoms with Crippen LogP contribution in [0, 0.1) is 6.92 Å². The van der Waals surface area contributed by atoms with E-state index in [1.165, 1.54) is 0 Å². The van der Waals surface area contributed by atoms with Crippen molar-refractivity contribution in [1.29, 1.82) is 0 Å². The molecule has 0 fully saturated rings. The Balaban J connectivity index is 2.38. The molecule has 0 bridgehead atoms. The predicted octanol–water partition coefficient (Wildman–Crippen LogP) is 2.72. The van der Waals surface area contributed by atoms with Crippen LogP contribution in [0.4, 0.5) is 0 Å². The molecule has 0 aromatic carbocycles. The average Bonchev–Trinajstić information content (AvgIpc) is 2.24. The lowest BCUT2D eigenvalue weighted by molar-refractivity contribution is -0.117. The zero-order chi connectivity index (χ0) is 12.0. The molecule has 0 unspecified atom stereocenters. The van der Waals surface area contributed by atoms with Gasteiger partial charge in [-0.05, 0) is 44.4 Å². The smallest absolute Gasteiger partial charge is 0.181 e. The summed E-state index contributed by atoms with van der Waals surface area (Å²) in [6.07, 6.45) is 4.23. The summed E-state index contributed by atoms with van der Waals surface area (Å²) in [5, 5.41) is 0. The molecule has 0 saturated carbocycles. The van der Waals surface area contributed by atoms with Crippen LogP contribution in [-0.4, -0.2) is 16.6 Å². The van der Waals surface area contributed by atoms with Gasteiger partial charge < -0.3 is 4.79 Å². The van der Waals surface area contributed by atoms with E-state index in [4.69, 9.17) is 0 Å². The van der Waals surface area contributed by atoms with E-state index < -0.39 is 0 Å². The van der Waals surface area contributed by atoms with Crippen molar-refractivity contribution in [2.45, 2.75) is 39.5 Å². The Bertz CT molecular complexity index is 385. The molecule has 86 valence electrons. The highest BCUT2D eigenvalue weighted by Crippen LogP contribution is 2.07. The van der Waals surface area contributed by atoms with Crippen molar-refractivity contribution in [3.05, 3.63) is 29.6 Å². The van der Waals surface area contributed by atoms with Crippen LogP contribution >= 0.6 is 0 Å². The first-order chi connectivity index (χ1) is 7.59. The third-order valence-corrected chi connectivity index (χ3v) is 2.38. The minimum Gasteiger partial charge on any atom is -0.300 e. The van der Waals surface area contributed by atoms with Crippen LogP contribution in [0.25, 0.3) is 0 Å². The van der Waals surface area contributed by atoms with E-state index in [-0.39, 0.29) is 11.6 Å². The van der Waals surface area contributed by atoms with E-state index in [1.807, 2.05) is 13.0 Å². The number of ketones is 2. The van der Waals surface area contributed by atoms with E-state index in [0.717, 1.165) is 18.4 Å². The van der Waals surface area contributed by atoms with Crippen LogP contribution in [0.3, 0.4) is 0 Å². The third kappa shape index (κ3) is 4.34. The fourth-order valence-electron chi connectivity index (χ4n) is 1.48. The molecule has 1 aromatic heterocycles. The van der Waals surface area contributed by atoms with Gasteiger partial charge in [-0.1, -0.05) is 0 Å². The number of Topliss-reactive ketones (excluding diaryl/α,β-unsaturated/α-hetero) is 2. The van der Waals surface area contributed by atoms with Gasteiger partial charge in [0.2, 0.25) is 0 Å². The quantitative estimate of drug-likeness (QED) is 0.546. The lowest BCUT2D eigenvalue weighted by atomic mass is 10.1. The molecule has 0 spiro atoms. The van der Waals surface area contributed by atoms with Crippen LogP contribution in [0.5, 0.6) is 0 Å². The second-order valence-corrected chi connectivity index (χ2v) is 4.05. The molecule has 3 heteroatoms. The summed E-state index contributed by atoms with van der Waals surface area (Å²) in [5.41, 5.74) is 1.57. The molecular weight excluding hydrogens is 202 g/mol. The number of carbonyl (C=O) groups is 2. The Morgan fingerprint density at radius 1 is 1.25 bits per heavy atom. The lowest BCUT2D eigenvalue weighted by Crippen LogP contribution is -2.02. The summed E-state index contributed by atoms with van der Waals surface area (Å²) in [7, 11) is 0. The number of unbranched alkanes of at least 4 members (excludes halogenated alkanes) is 1. The van der Waals surface area contributed by atoms with Crippen molar-refractivity contribution in [2.75, 3.05) is 0 Å².